The van der Waals surface area contributed by atoms with Crippen LogP contribution in [0, 0.1) is 5.92 Å². The zero-order chi connectivity index (χ0) is 16.8. The van der Waals surface area contributed by atoms with E-state index in [4.69, 9.17) is 11.6 Å². The van der Waals surface area contributed by atoms with Gasteiger partial charge in [0.05, 0.1) is 5.92 Å². The van der Waals surface area contributed by atoms with E-state index in [2.05, 4.69) is 5.32 Å². The summed E-state index contributed by atoms with van der Waals surface area (Å²) in [6.07, 6.45) is 1.69. The van der Waals surface area contributed by atoms with Crippen molar-refractivity contribution in [3.05, 3.63) is 29.3 Å². The summed E-state index contributed by atoms with van der Waals surface area (Å²) in [6, 6.07) is 6.88. The molecule has 1 aliphatic rings. The highest BCUT2D eigenvalue weighted by Crippen LogP contribution is 2.21. The second kappa shape index (κ2) is 8.20. The van der Waals surface area contributed by atoms with Gasteiger partial charge in [0.25, 0.3) is 0 Å². The van der Waals surface area contributed by atoms with Crippen LogP contribution in [0.3, 0.4) is 0 Å². The third-order valence-electron chi connectivity index (χ3n) is 4.21. The van der Waals surface area contributed by atoms with E-state index in [-0.39, 0.29) is 17.9 Å². The van der Waals surface area contributed by atoms with Crippen LogP contribution in [0.25, 0.3) is 0 Å². The van der Waals surface area contributed by atoms with E-state index >= 15 is 0 Å². The highest BCUT2D eigenvalue weighted by molar-refractivity contribution is 6.30. The van der Waals surface area contributed by atoms with Gasteiger partial charge in [0.2, 0.25) is 5.91 Å². The topological polar surface area (TPSA) is 52.7 Å². The molecular weight excluding hydrogens is 314 g/mol. The van der Waals surface area contributed by atoms with E-state index in [1.54, 1.807) is 29.2 Å². The number of carbonyl (C=O) groups excluding carboxylic acids is 2. The van der Waals surface area contributed by atoms with E-state index in [1.807, 2.05) is 18.7 Å². The largest absolute Gasteiger partial charge is 0.343 e. The Bertz CT molecular complexity index is 561. The van der Waals surface area contributed by atoms with Crippen LogP contribution in [0.15, 0.2) is 24.3 Å². The summed E-state index contributed by atoms with van der Waals surface area (Å²) in [5.41, 5.74) is 0.666. The molecule has 23 heavy (non-hydrogen) atoms. The Morgan fingerprint density at radius 3 is 2.74 bits per heavy atom. The molecule has 3 amide bonds. The number of piperidine rings is 1. The fourth-order valence-electron chi connectivity index (χ4n) is 2.93. The Labute approximate surface area is 142 Å². The highest BCUT2D eigenvalue weighted by Gasteiger charge is 2.30. The zero-order valence-electron chi connectivity index (χ0n) is 13.7. The number of benzene rings is 1. The van der Waals surface area contributed by atoms with Crippen LogP contribution < -0.4 is 5.32 Å². The number of hydrogen-bond acceptors (Lipinski definition) is 2. The lowest BCUT2D eigenvalue weighted by Gasteiger charge is -2.34. The summed E-state index contributed by atoms with van der Waals surface area (Å²) in [6.45, 7) is 6.53. The first-order valence-electron chi connectivity index (χ1n) is 8.15. The van der Waals surface area contributed by atoms with Crippen molar-refractivity contribution in [3.63, 3.8) is 0 Å². The highest BCUT2D eigenvalue weighted by atomic mass is 35.5. The lowest BCUT2D eigenvalue weighted by molar-refractivity contribution is -0.136. The van der Waals surface area contributed by atoms with Gasteiger partial charge in [0.1, 0.15) is 0 Å². The van der Waals surface area contributed by atoms with Gasteiger partial charge < -0.3 is 15.1 Å². The fourth-order valence-corrected chi connectivity index (χ4v) is 3.12. The number of nitrogens with zero attached hydrogens (tertiary/aromatic N) is 2. The SMILES string of the molecule is CCN(CC)C(=O)[C@H]1CCCN(C(=O)Nc2cccc(Cl)c2)C1. The molecular formula is C17H24ClN3O2. The van der Waals surface area contributed by atoms with Crippen molar-refractivity contribution in [1.82, 2.24) is 9.80 Å². The number of nitrogens with one attached hydrogen (secondary N) is 1. The van der Waals surface area contributed by atoms with Crippen molar-refractivity contribution in [2.75, 3.05) is 31.5 Å². The molecule has 1 fully saturated rings. The van der Waals surface area contributed by atoms with E-state index in [9.17, 15) is 9.59 Å². The molecule has 1 atom stereocenters. The Balaban J connectivity index is 1.97. The number of hydrogen-bond donors (Lipinski definition) is 1. The van der Waals surface area contributed by atoms with Gasteiger partial charge in [-0.2, -0.15) is 0 Å². The summed E-state index contributed by atoms with van der Waals surface area (Å²) in [5, 5.41) is 3.43. The minimum Gasteiger partial charge on any atom is -0.343 e. The molecule has 6 heteroatoms. The average molecular weight is 338 g/mol. The minimum absolute atomic E-state index is 0.103. The predicted octanol–water partition coefficient (Wildman–Crippen LogP) is 3.45. The first-order valence-corrected chi connectivity index (χ1v) is 8.53. The van der Waals surface area contributed by atoms with Gasteiger partial charge in [-0.1, -0.05) is 17.7 Å². The maximum atomic E-state index is 12.5. The van der Waals surface area contributed by atoms with Crippen molar-refractivity contribution in [3.8, 4) is 0 Å². The molecule has 5 nitrogen and oxygen atoms in total. The third-order valence-corrected chi connectivity index (χ3v) is 4.44. The molecule has 0 radical (unpaired) electrons. The maximum Gasteiger partial charge on any atom is 0.321 e. The normalized spacial score (nSPS) is 17.7. The number of carbonyl (C=O) groups is 2. The lowest BCUT2D eigenvalue weighted by Crippen LogP contribution is -2.47. The molecule has 0 spiro atoms. The number of amides is 3. The molecule has 0 bridgehead atoms. The third kappa shape index (κ3) is 4.61. The summed E-state index contributed by atoms with van der Waals surface area (Å²) in [4.78, 5) is 28.4. The molecule has 1 aromatic rings. The van der Waals surface area contributed by atoms with Crippen LogP contribution in [-0.2, 0) is 4.79 Å². The summed E-state index contributed by atoms with van der Waals surface area (Å²) in [7, 11) is 0. The molecule has 2 rings (SSSR count). The summed E-state index contributed by atoms with van der Waals surface area (Å²) < 4.78 is 0. The molecule has 0 unspecified atom stereocenters. The van der Waals surface area contributed by atoms with Crippen molar-refractivity contribution in [2.24, 2.45) is 5.92 Å². The summed E-state index contributed by atoms with van der Waals surface area (Å²) in [5.74, 6) is 0.0454. The first-order chi connectivity index (χ1) is 11.0. The molecule has 0 aromatic heterocycles. The Morgan fingerprint density at radius 2 is 2.09 bits per heavy atom. The van der Waals surface area contributed by atoms with Gasteiger partial charge in [-0.05, 0) is 44.9 Å². The first kappa shape index (κ1) is 17.6. The van der Waals surface area contributed by atoms with Gasteiger partial charge >= 0.3 is 6.03 Å². The van der Waals surface area contributed by atoms with Crippen LogP contribution in [0.5, 0.6) is 0 Å². The number of anilines is 1. The monoisotopic (exact) mass is 337 g/mol. The smallest absolute Gasteiger partial charge is 0.321 e. The van der Waals surface area contributed by atoms with Crippen LogP contribution in [-0.4, -0.2) is 47.9 Å². The Kier molecular flexibility index (Phi) is 6.28. The second-order valence-electron chi connectivity index (χ2n) is 5.74. The van der Waals surface area contributed by atoms with Gasteiger partial charge in [-0.25, -0.2) is 4.79 Å². The lowest BCUT2D eigenvalue weighted by atomic mass is 9.96. The van der Waals surface area contributed by atoms with Crippen molar-refractivity contribution >= 4 is 29.2 Å². The second-order valence-corrected chi connectivity index (χ2v) is 6.17. The average Bonchev–Trinajstić information content (AvgIpc) is 2.56. The van der Waals surface area contributed by atoms with Gasteiger partial charge in [-0.3, -0.25) is 4.79 Å². The standard InChI is InChI=1S/C17H24ClN3O2/c1-3-20(4-2)16(22)13-7-6-10-21(12-13)17(23)19-15-9-5-8-14(18)11-15/h5,8-9,11,13H,3-4,6-7,10,12H2,1-2H3,(H,19,23)/t13-/m0/s1. The fraction of sp³-hybridized carbons (Fsp3) is 0.529. The zero-order valence-corrected chi connectivity index (χ0v) is 14.5. The molecule has 126 valence electrons. The van der Waals surface area contributed by atoms with Gasteiger partial charge in [0, 0.05) is 36.9 Å². The quantitative estimate of drug-likeness (QED) is 0.914. The van der Waals surface area contributed by atoms with Crippen molar-refractivity contribution in [1.29, 1.82) is 0 Å². The van der Waals surface area contributed by atoms with Crippen LogP contribution >= 0.6 is 11.6 Å². The van der Waals surface area contributed by atoms with E-state index in [1.165, 1.54) is 0 Å². The van der Waals surface area contributed by atoms with E-state index < -0.39 is 0 Å². The van der Waals surface area contributed by atoms with Crippen molar-refractivity contribution < 1.29 is 9.59 Å². The van der Waals surface area contributed by atoms with Crippen LogP contribution in [0.2, 0.25) is 5.02 Å². The molecule has 1 aromatic carbocycles. The van der Waals surface area contributed by atoms with Crippen LogP contribution in [0.1, 0.15) is 26.7 Å². The Morgan fingerprint density at radius 1 is 1.35 bits per heavy atom. The minimum atomic E-state index is -0.177. The van der Waals surface area contributed by atoms with Gasteiger partial charge in [-0.15, -0.1) is 0 Å². The molecule has 1 heterocycles. The van der Waals surface area contributed by atoms with Gasteiger partial charge in [0.15, 0.2) is 0 Å². The number of likely N-dealkylation sites (tertiary alicyclic amines) is 1. The molecule has 1 aliphatic heterocycles. The van der Waals surface area contributed by atoms with Crippen molar-refractivity contribution in [2.45, 2.75) is 26.7 Å². The van der Waals surface area contributed by atoms with Crippen LogP contribution in [0.4, 0.5) is 10.5 Å². The van der Waals surface area contributed by atoms with E-state index in [0.29, 0.717) is 36.9 Å². The van der Waals surface area contributed by atoms with E-state index in [0.717, 1.165) is 12.8 Å². The Hall–Kier alpha value is -1.75. The molecule has 1 N–H and O–H groups in total. The number of rotatable bonds is 4. The molecule has 0 aliphatic carbocycles. The molecule has 1 saturated heterocycles. The predicted molar refractivity (Wildman–Crippen MR) is 92.7 cm³/mol. The molecule has 0 saturated carbocycles. The summed E-state index contributed by atoms with van der Waals surface area (Å²) >= 11 is 5.93. The number of halogens is 1. The number of urea groups is 1. The maximum absolute atomic E-state index is 12.5.